The molecule has 0 atom stereocenters. The number of aliphatic carboxylic acids is 2. The SMILES string of the molecule is CC1(C)C(=CC2=C(N)C(=CC3=[N+](CCCCCC(=O)O)c4ccc(S(=O)(=O)O)cc4C3(C)C)C2=O)N(CCCCCC(=O)O)c2ccc(S(=O)(=O)O)cc21. The summed E-state index contributed by atoms with van der Waals surface area (Å²) in [6, 6.07) is 8.64. The van der Waals surface area contributed by atoms with Crippen molar-refractivity contribution < 1.29 is 55.1 Å². The number of carbonyl (C=O) groups is 3. The van der Waals surface area contributed by atoms with E-state index in [1.165, 1.54) is 24.3 Å². The minimum Gasteiger partial charge on any atom is -0.481 e. The molecular formula is C38H46N3O11S2+. The zero-order valence-corrected chi connectivity index (χ0v) is 32.3. The number of fused-ring (bicyclic) bond motifs is 2. The van der Waals surface area contributed by atoms with Crippen LogP contribution in [0, 0.1) is 0 Å². The Morgan fingerprint density at radius 2 is 1.33 bits per heavy atom. The van der Waals surface area contributed by atoms with E-state index >= 15 is 0 Å². The number of carbonyl (C=O) groups excluding carboxylic acids is 1. The van der Waals surface area contributed by atoms with Crippen molar-refractivity contribution in [1.29, 1.82) is 0 Å². The molecule has 0 aromatic heterocycles. The number of hydrogen-bond donors (Lipinski definition) is 5. The number of ketones is 1. The number of carboxylic acids is 2. The Morgan fingerprint density at radius 1 is 0.778 bits per heavy atom. The number of nitrogens with two attached hydrogens (primary N) is 1. The summed E-state index contributed by atoms with van der Waals surface area (Å²) >= 11 is 0. The van der Waals surface area contributed by atoms with Crippen LogP contribution < -0.4 is 10.6 Å². The maximum Gasteiger partial charge on any atom is 0.303 e. The molecule has 2 aromatic rings. The van der Waals surface area contributed by atoms with Crippen molar-refractivity contribution in [2.75, 3.05) is 18.0 Å². The smallest absolute Gasteiger partial charge is 0.303 e. The fourth-order valence-electron chi connectivity index (χ4n) is 7.51. The van der Waals surface area contributed by atoms with Crippen molar-refractivity contribution in [3.05, 3.63) is 82.2 Å². The Kier molecular flexibility index (Phi) is 11.2. The molecule has 0 fully saturated rings. The molecule has 14 nitrogen and oxygen atoms in total. The van der Waals surface area contributed by atoms with E-state index in [0.717, 1.165) is 0 Å². The van der Waals surface area contributed by atoms with Gasteiger partial charge in [-0.25, -0.2) is 0 Å². The second kappa shape index (κ2) is 14.9. The first-order valence-corrected chi connectivity index (χ1v) is 20.5. The van der Waals surface area contributed by atoms with Gasteiger partial charge in [-0.3, -0.25) is 23.5 Å². The summed E-state index contributed by atoms with van der Waals surface area (Å²) in [6.07, 6.45) is 6.82. The van der Waals surface area contributed by atoms with Crippen LogP contribution in [0.4, 0.5) is 11.4 Å². The maximum atomic E-state index is 14.0. The molecular weight excluding hydrogens is 739 g/mol. The van der Waals surface area contributed by atoms with E-state index in [2.05, 4.69) is 0 Å². The lowest BCUT2D eigenvalue weighted by Gasteiger charge is -2.30. The molecule has 290 valence electrons. The quantitative estimate of drug-likeness (QED) is 0.0634. The summed E-state index contributed by atoms with van der Waals surface area (Å²) in [6.45, 7) is 8.36. The molecule has 0 radical (unpaired) electrons. The lowest BCUT2D eigenvalue weighted by molar-refractivity contribution is -0.438. The topological polar surface area (TPSA) is 233 Å². The van der Waals surface area contributed by atoms with Crippen molar-refractivity contribution in [3.8, 4) is 0 Å². The third-order valence-electron chi connectivity index (χ3n) is 10.5. The van der Waals surface area contributed by atoms with Gasteiger partial charge in [0.15, 0.2) is 11.5 Å². The first kappa shape index (κ1) is 40.5. The van der Waals surface area contributed by atoms with Crippen molar-refractivity contribution in [2.24, 2.45) is 5.73 Å². The number of carboxylic acid groups (broad SMARTS) is 2. The van der Waals surface area contributed by atoms with E-state index in [1.54, 1.807) is 24.3 Å². The second-order valence-corrected chi connectivity index (χ2v) is 17.7. The highest BCUT2D eigenvalue weighted by atomic mass is 32.2. The molecule has 2 heterocycles. The summed E-state index contributed by atoms with van der Waals surface area (Å²) in [5.74, 6) is -2.12. The molecule has 0 saturated heterocycles. The number of unbranched alkanes of at least 4 members (excludes halogenated alkanes) is 4. The van der Waals surface area contributed by atoms with Gasteiger partial charge in [-0.1, -0.05) is 20.3 Å². The molecule has 0 amide bonds. The Labute approximate surface area is 314 Å². The molecule has 6 N–H and O–H groups in total. The lowest BCUT2D eigenvalue weighted by atomic mass is 9.77. The van der Waals surface area contributed by atoms with Crippen LogP contribution in [0.15, 0.2) is 80.9 Å². The molecule has 5 rings (SSSR count). The second-order valence-electron chi connectivity index (χ2n) is 14.9. The van der Waals surface area contributed by atoms with Crippen LogP contribution in [0.2, 0.25) is 0 Å². The van der Waals surface area contributed by atoms with Crippen LogP contribution in [-0.4, -0.2) is 77.3 Å². The van der Waals surface area contributed by atoms with E-state index in [1.807, 2.05) is 37.2 Å². The molecule has 0 bridgehead atoms. The van der Waals surface area contributed by atoms with Gasteiger partial charge >= 0.3 is 11.9 Å². The van der Waals surface area contributed by atoms with Gasteiger partial charge in [-0.05, 0) is 81.5 Å². The molecule has 1 aliphatic carbocycles. The molecule has 0 spiro atoms. The number of hydrogen-bond acceptors (Lipinski definition) is 9. The third-order valence-corrected chi connectivity index (χ3v) is 12.2. The summed E-state index contributed by atoms with van der Waals surface area (Å²) in [5, 5.41) is 18.1. The number of nitrogens with zero attached hydrogens (tertiary/aromatic N) is 2. The normalized spacial score (nSPS) is 19.1. The zero-order valence-electron chi connectivity index (χ0n) is 30.6. The summed E-state index contributed by atoms with van der Waals surface area (Å²) in [4.78, 5) is 37.5. The number of allylic oxidation sites excluding steroid dienone is 5. The van der Waals surface area contributed by atoms with Gasteiger partial charge in [-0.2, -0.15) is 21.4 Å². The number of rotatable bonds is 16. The van der Waals surface area contributed by atoms with Gasteiger partial charge in [0.25, 0.3) is 20.2 Å². The standard InChI is InChI=1S/C38H45N3O11S2/c1-37(2)27-19-23(53(47,48)49)13-15-29(27)40(17-9-5-7-11-33(42)43)31(37)21-25-35(39)26(36(25)46)22-32-38(3,4)28-20-24(54(50,51)52)14-16-30(28)41(32)18-10-6-8-12-34(44)45/h13-16,19-22H,5-12,17-18H2,1-4H3,(H5-,39,42,43,44,45,46,47,48,49,50,51,52)/p+1. The van der Waals surface area contributed by atoms with Crippen molar-refractivity contribution >= 4 is 55.0 Å². The van der Waals surface area contributed by atoms with Crippen LogP contribution in [0.3, 0.4) is 0 Å². The van der Waals surface area contributed by atoms with Crippen molar-refractivity contribution in [2.45, 2.75) is 99.7 Å². The highest BCUT2D eigenvalue weighted by molar-refractivity contribution is 7.86. The average Bonchev–Trinajstić information content (AvgIpc) is 3.41. The third kappa shape index (κ3) is 7.92. The summed E-state index contributed by atoms with van der Waals surface area (Å²) < 4.78 is 69.8. The van der Waals surface area contributed by atoms with Gasteiger partial charge < -0.3 is 20.8 Å². The highest BCUT2D eigenvalue weighted by Crippen LogP contribution is 2.50. The van der Waals surface area contributed by atoms with Crippen LogP contribution >= 0.6 is 0 Å². The molecule has 3 aliphatic rings. The Hall–Kier alpha value is -4.64. The average molecular weight is 785 g/mol. The summed E-state index contributed by atoms with van der Waals surface area (Å²) in [5.41, 5.74) is 9.59. The fourth-order valence-corrected chi connectivity index (χ4v) is 8.52. The van der Waals surface area contributed by atoms with Crippen LogP contribution in [0.1, 0.15) is 90.2 Å². The van der Waals surface area contributed by atoms with E-state index in [-0.39, 0.29) is 45.3 Å². The van der Waals surface area contributed by atoms with Crippen molar-refractivity contribution in [3.63, 3.8) is 0 Å². The molecule has 0 saturated carbocycles. The van der Waals surface area contributed by atoms with Gasteiger partial charge in [0.05, 0.1) is 26.5 Å². The summed E-state index contributed by atoms with van der Waals surface area (Å²) in [7, 11) is -9.02. The van der Waals surface area contributed by atoms with E-state index in [0.29, 0.717) is 85.5 Å². The van der Waals surface area contributed by atoms with Gasteiger partial charge in [0.1, 0.15) is 6.54 Å². The van der Waals surface area contributed by atoms with Gasteiger partial charge in [0.2, 0.25) is 5.69 Å². The Balaban J connectivity index is 1.55. The highest BCUT2D eigenvalue weighted by Gasteiger charge is 2.47. The monoisotopic (exact) mass is 784 g/mol. The Morgan fingerprint density at radius 3 is 1.89 bits per heavy atom. The minimum absolute atomic E-state index is 0.0280. The molecule has 0 unspecified atom stereocenters. The van der Waals surface area contributed by atoms with Crippen molar-refractivity contribution in [1.82, 2.24) is 0 Å². The molecule has 54 heavy (non-hydrogen) atoms. The zero-order chi connectivity index (χ0) is 40.0. The molecule has 16 heteroatoms. The largest absolute Gasteiger partial charge is 0.481 e. The number of Topliss-reactive ketones (excluding diaryl/α,β-unsaturated/α-hetero) is 1. The molecule has 2 aromatic carbocycles. The Bertz CT molecular complexity index is 2280. The maximum absolute atomic E-state index is 14.0. The minimum atomic E-state index is -4.51. The van der Waals surface area contributed by atoms with Crippen LogP contribution in [-0.2, 0) is 45.4 Å². The van der Waals surface area contributed by atoms with E-state index in [9.17, 15) is 40.3 Å². The number of anilines is 1. The molecule has 2 aliphatic heterocycles. The predicted molar refractivity (Wildman–Crippen MR) is 200 cm³/mol. The van der Waals surface area contributed by atoms with Gasteiger partial charge in [-0.15, -0.1) is 0 Å². The lowest BCUT2D eigenvalue weighted by Crippen LogP contribution is -2.34. The first-order chi connectivity index (χ1) is 25.1. The van der Waals surface area contributed by atoms with E-state index in [4.69, 9.17) is 15.9 Å². The fraction of sp³-hybridized carbons (Fsp3) is 0.421. The first-order valence-electron chi connectivity index (χ1n) is 17.7. The number of benzene rings is 2. The van der Waals surface area contributed by atoms with E-state index < -0.39 is 43.0 Å². The van der Waals surface area contributed by atoms with Gasteiger partial charge in [0, 0.05) is 65.9 Å². The van der Waals surface area contributed by atoms with Crippen LogP contribution in [0.5, 0.6) is 0 Å². The predicted octanol–water partition coefficient (Wildman–Crippen LogP) is 5.25. The van der Waals surface area contributed by atoms with Crippen LogP contribution in [0.25, 0.3) is 0 Å².